The van der Waals surface area contributed by atoms with Crippen molar-refractivity contribution in [3.8, 4) is 11.4 Å². The Labute approximate surface area is 181 Å². The maximum atomic E-state index is 12.4. The summed E-state index contributed by atoms with van der Waals surface area (Å²) in [5, 5.41) is 6.07. The van der Waals surface area contributed by atoms with Crippen molar-refractivity contribution < 1.29 is 9.59 Å². The summed E-state index contributed by atoms with van der Waals surface area (Å²) >= 11 is 0. The molecule has 2 aromatic carbocycles. The fourth-order valence-electron chi connectivity index (χ4n) is 4.80. The lowest BCUT2D eigenvalue weighted by atomic mass is 10.1. The Balaban J connectivity index is 1.28. The third kappa shape index (κ3) is 4.33. The van der Waals surface area contributed by atoms with E-state index in [-0.39, 0.29) is 23.7 Å². The number of nitrogens with zero attached hydrogens (tertiary/aromatic N) is 1. The number of amides is 2. The average Bonchev–Trinajstić information content (AvgIpc) is 3.55. The number of rotatable bonds is 5. The van der Waals surface area contributed by atoms with Gasteiger partial charge >= 0.3 is 0 Å². The second kappa shape index (κ2) is 8.53. The van der Waals surface area contributed by atoms with Crippen LogP contribution in [0.4, 0.5) is 11.4 Å². The van der Waals surface area contributed by atoms with Crippen LogP contribution in [0.3, 0.4) is 0 Å². The van der Waals surface area contributed by atoms with Crippen LogP contribution in [0.25, 0.3) is 22.4 Å². The molecule has 0 aliphatic heterocycles. The number of aromatic amines is 1. The van der Waals surface area contributed by atoms with Gasteiger partial charge in [-0.15, -0.1) is 0 Å². The fourth-order valence-corrected chi connectivity index (χ4v) is 4.80. The molecule has 0 radical (unpaired) electrons. The molecule has 2 saturated carbocycles. The Kier molecular flexibility index (Phi) is 5.45. The Morgan fingerprint density at radius 3 is 1.94 bits per heavy atom. The summed E-state index contributed by atoms with van der Waals surface area (Å²) in [6.07, 6.45) is 8.54. The molecule has 1 heterocycles. The molecule has 5 rings (SSSR count). The van der Waals surface area contributed by atoms with Gasteiger partial charge in [-0.25, -0.2) is 4.98 Å². The molecule has 3 N–H and O–H groups in total. The minimum atomic E-state index is 0.117. The largest absolute Gasteiger partial charge is 0.338 e. The van der Waals surface area contributed by atoms with Gasteiger partial charge in [0.05, 0.1) is 11.0 Å². The first-order valence-corrected chi connectivity index (χ1v) is 11.4. The lowest BCUT2D eigenvalue weighted by molar-refractivity contribution is -0.120. The van der Waals surface area contributed by atoms with Crippen molar-refractivity contribution in [3.05, 3.63) is 42.5 Å². The summed E-state index contributed by atoms with van der Waals surface area (Å²) in [4.78, 5) is 32.8. The Morgan fingerprint density at radius 1 is 0.774 bits per heavy atom. The number of hydrogen-bond donors (Lipinski definition) is 3. The van der Waals surface area contributed by atoms with Crippen LogP contribution in [0.2, 0.25) is 0 Å². The number of hydrogen-bond acceptors (Lipinski definition) is 3. The van der Waals surface area contributed by atoms with Gasteiger partial charge in [0, 0.05) is 28.8 Å². The van der Waals surface area contributed by atoms with Crippen molar-refractivity contribution in [1.82, 2.24) is 9.97 Å². The van der Waals surface area contributed by atoms with Crippen molar-refractivity contribution in [1.29, 1.82) is 0 Å². The fraction of sp³-hybridized carbons (Fsp3) is 0.400. The van der Waals surface area contributed by atoms with E-state index in [1.165, 1.54) is 0 Å². The van der Waals surface area contributed by atoms with Gasteiger partial charge in [-0.05, 0) is 68.1 Å². The molecular weight excluding hydrogens is 388 g/mol. The van der Waals surface area contributed by atoms with E-state index in [2.05, 4.69) is 20.6 Å². The zero-order valence-corrected chi connectivity index (χ0v) is 17.6. The number of benzene rings is 2. The van der Waals surface area contributed by atoms with Crippen LogP contribution in [0.1, 0.15) is 51.4 Å². The van der Waals surface area contributed by atoms with Gasteiger partial charge in [0.1, 0.15) is 5.82 Å². The quantitative estimate of drug-likeness (QED) is 0.514. The molecule has 0 spiro atoms. The SMILES string of the molecule is O=C(Nc1ccc(-c2nc3ccc(NC(=O)C4CCCC4)cc3[nH]2)cc1)C1CCCC1. The minimum Gasteiger partial charge on any atom is -0.338 e. The van der Waals surface area contributed by atoms with Crippen LogP contribution in [-0.2, 0) is 9.59 Å². The molecule has 2 aliphatic carbocycles. The van der Waals surface area contributed by atoms with Gasteiger partial charge in [0.2, 0.25) is 11.8 Å². The number of aromatic nitrogens is 2. The van der Waals surface area contributed by atoms with E-state index in [1.54, 1.807) is 0 Å². The zero-order valence-electron chi connectivity index (χ0n) is 17.6. The molecule has 0 bridgehead atoms. The first-order valence-electron chi connectivity index (χ1n) is 11.4. The second-order valence-corrected chi connectivity index (χ2v) is 8.84. The summed E-state index contributed by atoms with van der Waals surface area (Å²) in [6, 6.07) is 13.5. The van der Waals surface area contributed by atoms with E-state index >= 15 is 0 Å². The first-order chi connectivity index (χ1) is 15.2. The highest BCUT2D eigenvalue weighted by atomic mass is 16.2. The molecule has 2 fully saturated rings. The summed E-state index contributed by atoms with van der Waals surface area (Å²) in [5.41, 5.74) is 4.30. The molecule has 6 heteroatoms. The molecule has 160 valence electrons. The maximum Gasteiger partial charge on any atom is 0.227 e. The van der Waals surface area contributed by atoms with Crippen LogP contribution < -0.4 is 10.6 Å². The number of anilines is 2. The highest BCUT2D eigenvalue weighted by Gasteiger charge is 2.23. The molecule has 0 saturated heterocycles. The first kappa shape index (κ1) is 19.8. The van der Waals surface area contributed by atoms with Crippen molar-refractivity contribution >= 4 is 34.2 Å². The molecule has 0 unspecified atom stereocenters. The summed E-state index contributed by atoms with van der Waals surface area (Å²) in [5.74, 6) is 1.30. The molecular formula is C25H28N4O2. The van der Waals surface area contributed by atoms with Crippen LogP contribution in [0, 0.1) is 11.8 Å². The van der Waals surface area contributed by atoms with Gasteiger partial charge in [0.15, 0.2) is 0 Å². The maximum absolute atomic E-state index is 12.4. The predicted molar refractivity (Wildman–Crippen MR) is 123 cm³/mol. The molecule has 2 aliphatic rings. The van der Waals surface area contributed by atoms with Gasteiger partial charge in [-0.2, -0.15) is 0 Å². The minimum absolute atomic E-state index is 0.117. The number of nitrogens with one attached hydrogen (secondary N) is 3. The second-order valence-electron chi connectivity index (χ2n) is 8.84. The predicted octanol–water partition coefficient (Wildman–Crippen LogP) is 5.49. The molecule has 0 atom stereocenters. The molecule has 3 aromatic rings. The van der Waals surface area contributed by atoms with E-state index in [0.29, 0.717) is 0 Å². The topological polar surface area (TPSA) is 86.9 Å². The highest BCUT2D eigenvalue weighted by molar-refractivity contribution is 5.95. The van der Waals surface area contributed by atoms with Crippen molar-refractivity contribution in [2.75, 3.05) is 10.6 Å². The third-order valence-corrected chi connectivity index (χ3v) is 6.63. The monoisotopic (exact) mass is 416 g/mol. The molecule has 31 heavy (non-hydrogen) atoms. The lowest BCUT2D eigenvalue weighted by Gasteiger charge is -2.10. The van der Waals surface area contributed by atoms with Crippen molar-refractivity contribution in [2.24, 2.45) is 11.8 Å². The Morgan fingerprint density at radius 2 is 1.32 bits per heavy atom. The van der Waals surface area contributed by atoms with Gasteiger partial charge < -0.3 is 15.6 Å². The summed E-state index contributed by atoms with van der Waals surface area (Å²) in [7, 11) is 0. The van der Waals surface area contributed by atoms with Crippen LogP contribution in [-0.4, -0.2) is 21.8 Å². The number of H-pyrrole nitrogens is 1. The molecule has 2 amide bonds. The van der Waals surface area contributed by atoms with E-state index in [4.69, 9.17) is 0 Å². The number of carbonyl (C=O) groups is 2. The third-order valence-electron chi connectivity index (χ3n) is 6.63. The molecule has 1 aromatic heterocycles. The Bertz CT molecular complexity index is 1090. The smallest absolute Gasteiger partial charge is 0.227 e. The van der Waals surface area contributed by atoms with E-state index < -0.39 is 0 Å². The van der Waals surface area contributed by atoms with Gasteiger partial charge in [-0.3, -0.25) is 9.59 Å². The van der Waals surface area contributed by atoms with Gasteiger partial charge in [-0.1, -0.05) is 25.7 Å². The number of fused-ring (bicyclic) bond motifs is 1. The van der Waals surface area contributed by atoms with E-state index in [1.807, 2.05) is 42.5 Å². The van der Waals surface area contributed by atoms with Crippen molar-refractivity contribution in [2.45, 2.75) is 51.4 Å². The van der Waals surface area contributed by atoms with Gasteiger partial charge in [0.25, 0.3) is 0 Å². The summed E-state index contributed by atoms with van der Waals surface area (Å²) in [6.45, 7) is 0. The number of imidazole rings is 1. The molecule has 6 nitrogen and oxygen atoms in total. The van der Waals surface area contributed by atoms with Crippen LogP contribution in [0.15, 0.2) is 42.5 Å². The van der Waals surface area contributed by atoms with E-state index in [0.717, 1.165) is 85.2 Å². The standard InChI is InChI=1S/C25H28N4O2/c30-24(17-5-1-2-6-17)26-19-11-9-16(10-12-19)23-28-21-14-13-20(15-22(21)29-23)27-25(31)18-7-3-4-8-18/h9-15,17-18H,1-8H2,(H,26,30)(H,27,31)(H,28,29). The lowest BCUT2D eigenvalue weighted by Crippen LogP contribution is -2.20. The van der Waals surface area contributed by atoms with Crippen molar-refractivity contribution in [3.63, 3.8) is 0 Å². The van der Waals surface area contributed by atoms with Crippen LogP contribution in [0.5, 0.6) is 0 Å². The normalized spacial score (nSPS) is 17.3. The summed E-state index contributed by atoms with van der Waals surface area (Å²) < 4.78 is 0. The van der Waals surface area contributed by atoms with Crippen LogP contribution >= 0.6 is 0 Å². The average molecular weight is 417 g/mol. The highest BCUT2D eigenvalue weighted by Crippen LogP contribution is 2.29. The van der Waals surface area contributed by atoms with E-state index in [9.17, 15) is 9.59 Å². The Hall–Kier alpha value is -3.15. The zero-order chi connectivity index (χ0) is 21.2. The number of carbonyl (C=O) groups excluding carboxylic acids is 2.